The monoisotopic (exact) mass is 556 g/mol. The van der Waals surface area contributed by atoms with Gasteiger partial charge in [0.15, 0.2) is 0 Å². The summed E-state index contributed by atoms with van der Waals surface area (Å²) in [5.41, 5.74) is 7.32. The number of nitrogens with one attached hydrogen (secondary N) is 3. The largest absolute Gasteiger partial charge is 0.508 e. The van der Waals surface area contributed by atoms with Crippen molar-refractivity contribution in [2.24, 2.45) is 17.6 Å². The number of hydrogen-bond donors (Lipinski definition) is 7. The van der Waals surface area contributed by atoms with Crippen LogP contribution in [0.2, 0.25) is 0 Å². The Labute approximate surface area is 234 Å². The molecule has 8 N–H and O–H groups in total. The molecule has 2 aromatic carbocycles. The molecule has 2 rings (SSSR count). The van der Waals surface area contributed by atoms with Gasteiger partial charge in [-0.1, -0.05) is 58.4 Å². The molecule has 0 aliphatic rings. The Morgan fingerprint density at radius 3 is 1.60 bits per heavy atom. The lowest BCUT2D eigenvalue weighted by atomic mass is 9.97. The summed E-state index contributed by atoms with van der Waals surface area (Å²) in [5.74, 6) is -3.58. The highest BCUT2D eigenvalue weighted by molar-refractivity contribution is 5.94. The summed E-state index contributed by atoms with van der Waals surface area (Å²) in [5, 5.41) is 36.6. The van der Waals surface area contributed by atoms with Gasteiger partial charge < -0.3 is 37.0 Å². The number of benzene rings is 2. The molecule has 0 saturated heterocycles. The fourth-order valence-electron chi connectivity index (χ4n) is 3.98. The molecule has 0 aromatic heterocycles. The standard InChI is InChI=1S/C29H40N4O7/c1-5-17(4)24(30)27(37)31-22(14-18-6-10-20(34)11-7-18)26(36)33-25(16(2)3)28(38)32-23(29(39)40)15-19-8-12-21(35)13-9-19/h6-13,16-17,22-25,34-35H,5,14-15,30H2,1-4H3,(H,31,37)(H,32,38)(H,33,36)(H,39,40). The topological polar surface area (TPSA) is 191 Å². The van der Waals surface area contributed by atoms with Gasteiger partial charge in [-0.3, -0.25) is 14.4 Å². The lowest BCUT2D eigenvalue weighted by Gasteiger charge is -2.28. The van der Waals surface area contributed by atoms with E-state index >= 15 is 0 Å². The molecule has 0 heterocycles. The van der Waals surface area contributed by atoms with Crippen LogP contribution in [0.15, 0.2) is 48.5 Å². The number of hydrogen-bond acceptors (Lipinski definition) is 7. The van der Waals surface area contributed by atoms with Gasteiger partial charge in [0.25, 0.3) is 0 Å². The molecule has 2 aromatic rings. The highest BCUT2D eigenvalue weighted by Crippen LogP contribution is 2.14. The molecule has 0 aliphatic heterocycles. The van der Waals surface area contributed by atoms with Crippen LogP contribution in [0.5, 0.6) is 11.5 Å². The van der Waals surface area contributed by atoms with E-state index in [0.29, 0.717) is 17.5 Å². The van der Waals surface area contributed by atoms with Gasteiger partial charge in [0, 0.05) is 12.8 Å². The van der Waals surface area contributed by atoms with Gasteiger partial charge in [-0.25, -0.2) is 4.79 Å². The zero-order valence-electron chi connectivity index (χ0n) is 23.3. The molecule has 11 nitrogen and oxygen atoms in total. The Balaban J connectivity index is 2.22. The molecule has 218 valence electrons. The zero-order chi connectivity index (χ0) is 30.0. The molecular formula is C29H40N4O7. The first kappa shape index (κ1) is 32.1. The first-order valence-electron chi connectivity index (χ1n) is 13.3. The maximum Gasteiger partial charge on any atom is 0.326 e. The minimum atomic E-state index is -1.28. The molecule has 3 amide bonds. The molecular weight excluding hydrogens is 516 g/mol. The molecule has 11 heteroatoms. The Bertz CT molecular complexity index is 1150. The minimum Gasteiger partial charge on any atom is -0.508 e. The SMILES string of the molecule is CCC(C)C(N)C(=O)NC(Cc1ccc(O)cc1)C(=O)NC(C(=O)NC(Cc1ccc(O)cc1)C(=O)O)C(C)C. The van der Waals surface area contributed by atoms with Crippen molar-refractivity contribution in [3.63, 3.8) is 0 Å². The number of carboxylic acids is 1. The van der Waals surface area contributed by atoms with Crippen molar-refractivity contribution in [3.8, 4) is 11.5 Å². The molecule has 0 fully saturated rings. The number of aliphatic carboxylic acids is 1. The summed E-state index contributed by atoms with van der Waals surface area (Å²) in [6, 6.07) is 7.78. The van der Waals surface area contributed by atoms with E-state index in [1.807, 2.05) is 13.8 Å². The van der Waals surface area contributed by atoms with Gasteiger partial charge in [0.1, 0.15) is 29.6 Å². The summed E-state index contributed by atoms with van der Waals surface area (Å²) >= 11 is 0. The van der Waals surface area contributed by atoms with E-state index < -0.39 is 53.8 Å². The van der Waals surface area contributed by atoms with Crippen LogP contribution in [0.25, 0.3) is 0 Å². The average Bonchev–Trinajstić information content (AvgIpc) is 2.91. The molecule has 0 radical (unpaired) electrons. The Morgan fingerprint density at radius 2 is 1.18 bits per heavy atom. The van der Waals surface area contributed by atoms with Crippen molar-refractivity contribution in [1.29, 1.82) is 0 Å². The number of carbonyl (C=O) groups is 4. The number of phenolic OH excluding ortho intramolecular Hbond substituents is 2. The summed E-state index contributed by atoms with van der Waals surface area (Å²) in [7, 11) is 0. The zero-order valence-corrected chi connectivity index (χ0v) is 23.3. The smallest absolute Gasteiger partial charge is 0.326 e. The van der Waals surface area contributed by atoms with E-state index in [-0.39, 0.29) is 30.3 Å². The van der Waals surface area contributed by atoms with Crippen LogP contribution in [0.3, 0.4) is 0 Å². The molecule has 40 heavy (non-hydrogen) atoms. The third-order valence-electron chi connectivity index (χ3n) is 6.81. The van der Waals surface area contributed by atoms with E-state index in [9.17, 15) is 34.5 Å². The van der Waals surface area contributed by atoms with Crippen molar-refractivity contribution in [1.82, 2.24) is 16.0 Å². The van der Waals surface area contributed by atoms with Gasteiger partial charge in [-0.05, 0) is 47.2 Å². The predicted octanol–water partition coefficient (Wildman–Crippen LogP) is 1.45. The first-order chi connectivity index (χ1) is 18.8. The van der Waals surface area contributed by atoms with Crippen LogP contribution in [0.4, 0.5) is 0 Å². The van der Waals surface area contributed by atoms with Crippen molar-refractivity contribution in [3.05, 3.63) is 59.7 Å². The van der Waals surface area contributed by atoms with Gasteiger partial charge in [-0.2, -0.15) is 0 Å². The van der Waals surface area contributed by atoms with Crippen molar-refractivity contribution in [2.75, 3.05) is 0 Å². The van der Waals surface area contributed by atoms with E-state index in [1.165, 1.54) is 24.3 Å². The van der Waals surface area contributed by atoms with Crippen LogP contribution in [-0.2, 0) is 32.0 Å². The number of carbonyl (C=O) groups excluding carboxylic acids is 3. The fraction of sp³-hybridized carbons (Fsp3) is 0.448. The van der Waals surface area contributed by atoms with Crippen LogP contribution in [0.1, 0.15) is 45.2 Å². The molecule has 0 saturated carbocycles. The minimum absolute atomic E-state index is 0.0290. The Hall–Kier alpha value is -4.12. The van der Waals surface area contributed by atoms with Crippen LogP contribution >= 0.6 is 0 Å². The average molecular weight is 557 g/mol. The number of nitrogens with two attached hydrogens (primary N) is 1. The van der Waals surface area contributed by atoms with Gasteiger partial charge in [0.2, 0.25) is 17.7 Å². The van der Waals surface area contributed by atoms with Gasteiger partial charge in [-0.15, -0.1) is 0 Å². The normalized spacial score (nSPS) is 14.8. The quantitative estimate of drug-likeness (QED) is 0.182. The van der Waals surface area contributed by atoms with Crippen LogP contribution in [-0.4, -0.2) is 63.2 Å². The maximum atomic E-state index is 13.4. The molecule has 0 bridgehead atoms. The molecule has 0 spiro atoms. The molecule has 5 atom stereocenters. The number of phenols is 2. The molecule has 5 unspecified atom stereocenters. The van der Waals surface area contributed by atoms with Crippen LogP contribution in [0, 0.1) is 11.8 Å². The Morgan fingerprint density at radius 1 is 0.725 bits per heavy atom. The highest BCUT2D eigenvalue weighted by Gasteiger charge is 2.32. The van der Waals surface area contributed by atoms with Crippen molar-refractivity contribution >= 4 is 23.7 Å². The summed E-state index contributed by atoms with van der Waals surface area (Å²) in [4.78, 5) is 51.4. The summed E-state index contributed by atoms with van der Waals surface area (Å²) in [6.07, 6.45) is 0.692. The summed E-state index contributed by atoms with van der Waals surface area (Å²) < 4.78 is 0. The molecule has 0 aliphatic carbocycles. The highest BCUT2D eigenvalue weighted by atomic mass is 16.4. The van der Waals surface area contributed by atoms with E-state index in [4.69, 9.17) is 5.73 Å². The van der Waals surface area contributed by atoms with Gasteiger partial charge >= 0.3 is 5.97 Å². The number of rotatable bonds is 14. The van der Waals surface area contributed by atoms with Crippen molar-refractivity contribution < 1.29 is 34.5 Å². The van der Waals surface area contributed by atoms with Gasteiger partial charge in [0.05, 0.1) is 6.04 Å². The van der Waals surface area contributed by atoms with E-state index in [2.05, 4.69) is 16.0 Å². The second kappa shape index (κ2) is 14.9. The predicted molar refractivity (Wildman–Crippen MR) is 149 cm³/mol. The van der Waals surface area contributed by atoms with E-state index in [0.717, 1.165) is 0 Å². The fourth-order valence-corrected chi connectivity index (χ4v) is 3.98. The van der Waals surface area contributed by atoms with Crippen molar-refractivity contribution in [2.45, 2.75) is 71.1 Å². The first-order valence-corrected chi connectivity index (χ1v) is 13.3. The van der Waals surface area contributed by atoms with E-state index in [1.54, 1.807) is 38.1 Å². The summed E-state index contributed by atoms with van der Waals surface area (Å²) in [6.45, 7) is 7.13. The number of carboxylic acid groups (broad SMARTS) is 1. The second-order valence-corrected chi connectivity index (χ2v) is 10.3. The number of amides is 3. The van der Waals surface area contributed by atoms with Crippen LogP contribution < -0.4 is 21.7 Å². The lowest BCUT2D eigenvalue weighted by Crippen LogP contribution is -2.59. The third-order valence-corrected chi connectivity index (χ3v) is 6.81. The third kappa shape index (κ3) is 9.57. The number of aromatic hydroxyl groups is 2. The lowest BCUT2D eigenvalue weighted by molar-refractivity contribution is -0.142. The Kier molecular flexibility index (Phi) is 11.9. The maximum absolute atomic E-state index is 13.4. The second-order valence-electron chi connectivity index (χ2n) is 10.3.